The second kappa shape index (κ2) is 6.35. The van der Waals surface area contributed by atoms with Gasteiger partial charge in [-0.25, -0.2) is 0 Å². The van der Waals surface area contributed by atoms with E-state index < -0.39 is 21.2 Å². The summed E-state index contributed by atoms with van der Waals surface area (Å²) in [4.78, 5) is 12.5. The van der Waals surface area contributed by atoms with Crippen molar-refractivity contribution in [3.05, 3.63) is 23.8 Å². The Morgan fingerprint density at radius 2 is 1.72 bits per heavy atom. The maximum Gasteiger partial charge on any atom is 0.294 e. The van der Waals surface area contributed by atoms with Crippen molar-refractivity contribution in [1.29, 1.82) is 0 Å². The van der Waals surface area contributed by atoms with E-state index >= 15 is 0 Å². The number of rotatable bonds is 3. The Balaban J connectivity index is 2.19. The first-order valence-corrected chi connectivity index (χ1v) is 9.54. The van der Waals surface area contributed by atoms with Gasteiger partial charge in [0.15, 0.2) is 0 Å². The molecule has 1 radical (unpaired) electrons. The van der Waals surface area contributed by atoms with Crippen molar-refractivity contribution in [2.75, 3.05) is 5.32 Å². The molecule has 1 aromatic rings. The maximum atomic E-state index is 12.6. The van der Waals surface area contributed by atoms with Gasteiger partial charge in [0, 0.05) is 22.7 Å². The Morgan fingerprint density at radius 1 is 1.20 bits per heavy atom. The lowest BCUT2D eigenvalue weighted by Gasteiger charge is -2.49. The van der Waals surface area contributed by atoms with Crippen LogP contribution < -0.4 is 5.32 Å². The van der Waals surface area contributed by atoms with Crippen LogP contribution in [0, 0.1) is 12.8 Å². The summed E-state index contributed by atoms with van der Waals surface area (Å²) in [7, 11) is -4.29. The number of nitrogens with zero attached hydrogens (tertiary/aromatic N) is 1. The first-order valence-electron chi connectivity index (χ1n) is 8.10. The van der Waals surface area contributed by atoms with Crippen molar-refractivity contribution in [2.24, 2.45) is 5.92 Å². The van der Waals surface area contributed by atoms with E-state index in [-0.39, 0.29) is 16.7 Å². The highest BCUT2D eigenvalue weighted by molar-refractivity contribution is 7.85. The van der Waals surface area contributed by atoms with E-state index in [0.717, 1.165) is 5.06 Å². The molecule has 0 spiro atoms. The van der Waals surface area contributed by atoms with Crippen LogP contribution in [-0.4, -0.2) is 35.0 Å². The number of hydrogen-bond acceptors (Lipinski definition) is 4. The van der Waals surface area contributed by atoms with Crippen molar-refractivity contribution >= 4 is 21.7 Å². The third kappa shape index (κ3) is 4.20. The summed E-state index contributed by atoms with van der Waals surface area (Å²) in [5.74, 6) is -0.523. The lowest BCUT2D eigenvalue weighted by atomic mass is 9.75. The summed E-state index contributed by atoms with van der Waals surface area (Å²) in [6.07, 6.45) is 0.877. The van der Waals surface area contributed by atoms with Gasteiger partial charge in [-0.2, -0.15) is 8.42 Å². The molecule has 1 aliphatic rings. The number of anilines is 1. The fourth-order valence-corrected chi connectivity index (χ4v) is 4.42. The molecular weight excluding hydrogens is 344 g/mol. The van der Waals surface area contributed by atoms with Crippen molar-refractivity contribution in [2.45, 2.75) is 63.4 Å². The van der Waals surface area contributed by atoms with Crippen molar-refractivity contribution in [1.82, 2.24) is 5.06 Å². The molecule has 1 aromatic carbocycles. The molecule has 7 nitrogen and oxygen atoms in total. The van der Waals surface area contributed by atoms with E-state index in [0.29, 0.717) is 24.1 Å². The van der Waals surface area contributed by atoms with E-state index in [2.05, 4.69) is 5.32 Å². The molecule has 139 valence electrons. The van der Waals surface area contributed by atoms with Gasteiger partial charge in [-0.3, -0.25) is 9.35 Å². The summed E-state index contributed by atoms with van der Waals surface area (Å²) in [5, 5.41) is 16.2. The number of hydroxylamine groups is 2. The summed E-state index contributed by atoms with van der Waals surface area (Å²) in [6.45, 7) is 8.85. The average Bonchev–Trinajstić information content (AvgIpc) is 2.42. The fourth-order valence-electron chi connectivity index (χ4n) is 3.71. The number of carbonyl (C=O) groups excluding carboxylic acids is 1. The van der Waals surface area contributed by atoms with Crippen LogP contribution in [0.15, 0.2) is 23.1 Å². The van der Waals surface area contributed by atoms with Gasteiger partial charge >= 0.3 is 0 Å². The Kier molecular flexibility index (Phi) is 5.04. The van der Waals surface area contributed by atoms with Gasteiger partial charge in [-0.1, -0.05) is 0 Å². The molecule has 0 saturated carbocycles. The highest BCUT2D eigenvalue weighted by Crippen LogP contribution is 2.40. The summed E-state index contributed by atoms with van der Waals surface area (Å²) < 4.78 is 31.6. The standard InChI is InChI=1S/C17H25N2O5S/c1-11-8-13(6-7-14(11)25(22,23)24)18-15(20)12-9-16(2,3)19(21)17(4,5)10-12/h6-8,12H,9-10H2,1-5H3,(H,18,20)(H,22,23,24). The van der Waals surface area contributed by atoms with Gasteiger partial charge in [0.2, 0.25) is 5.91 Å². The third-order valence-electron chi connectivity index (χ3n) is 4.68. The zero-order valence-corrected chi connectivity index (χ0v) is 16.0. The van der Waals surface area contributed by atoms with Gasteiger partial charge in [0.1, 0.15) is 0 Å². The summed E-state index contributed by atoms with van der Waals surface area (Å²) >= 11 is 0. The minimum atomic E-state index is -4.29. The molecule has 1 saturated heterocycles. The van der Waals surface area contributed by atoms with Gasteiger partial charge in [-0.15, -0.1) is 10.3 Å². The topological polar surface area (TPSA) is 107 Å². The molecule has 0 aromatic heterocycles. The quantitative estimate of drug-likeness (QED) is 0.797. The normalized spacial score (nSPS) is 21.1. The third-order valence-corrected chi connectivity index (χ3v) is 5.70. The maximum absolute atomic E-state index is 12.6. The number of nitrogens with one attached hydrogen (secondary N) is 1. The number of benzene rings is 1. The van der Waals surface area contributed by atoms with Crippen LogP contribution in [0.5, 0.6) is 0 Å². The fraction of sp³-hybridized carbons (Fsp3) is 0.588. The molecule has 0 aliphatic carbocycles. The zero-order valence-electron chi connectivity index (χ0n) is 15.2. The number of aryl methyl sites for hydroxylation is 1. The predicted octanol–water partition coefficient (Wildman–Crippen LogP) is 2.79. The Bertz CT molecular complexity index is 768. The number of carbonyl (C=O) groups is 1. The molecule has 0 atom stereocenters. The van der Waals surface area contributed by atoms with E-state index in [4.69, 9.17) is 4.55 Å². The lowest BCUT2D eigenvalue weighted by Crippen LogP contribution is -2.59. The van der Waals surface area contributed by atoms with Crippen LogP contribution in [0.4, 0.5) is 5.69 Å². The van der Waals surface area contributed by atoms with Crippen LogP contribution in [0.3, 0.4) is 0 Å². The van der Waals surface area contributed by atoms with Crippen LogP contribution in [0.25, 0.3) is 0 Å². The van der Waals surface area contributed by atoms with E-state index in [1.54, 1.807) is 6.92 Å². The molecule has 25 heavy (non-hydrogen) atoms. The predicted molar refractivity (Wildman–Crippen MR) is 93.0 cm³/mol. The zero-order chi connectivity index (χ0) is 19.2. The highest BCUT2D eigenvalue weighted by Gasteiger charge is 2.48. The van der Waals surface area contributed by atoms with E-state index in [1.165, 1.54) is 18.2 Å². The Hall–Kier alpha value is -1.48. The molecule has 2 N–H and O–H groups in total. The number of amides is 1. The summed E-state index contributed by atoms with van der Waals surface area (Å²) in [5.41, 5.74) is -0.492. The monoisotopic (exact) mass is 369 g/mol. The highest BCUT2D eigenvalue weighted by atomic mass is 32.2. The van der Waals surface area contributed by atoms with Crippen LogP contribution in [-0.2, 0) is 20.1 Å². The van der Waals surface area contributed by atoms with Crippen LogP contribution >= 0.6 is 0 Å². The van der Waals surface area contributed by atoms with Crippen molar-refractivity contribution < 1.29 is 23.0 Å². The second-order valence-corrected chi connectivity index (χ2v) is 9.36. The van der Waals surface area contributed by atoms with Gasteiger partial charge < -0.3 is 5.32 Å². The molecule has 1 heterocycles. The van der Waals surface area contributed by atoms with Crippen molar-refractivity contribution in [3.8, 4) is 0 Å². The Labute approximate surface area is 148 Å². The average molecular weight is 369 g/mol. The van der Waals surface area contributed by atoms with E-state index in [1.807, 2.05) is 27.7 Å². The van der Waals surface area contributed by atoms with Gasteiger partial charge in [-0.05, 0) is 71.2 Å². The SMILES string of the molecule is Cc1cc(NC(=O)C2CC(C)(C)N([O])C(C)(C)C2)ccc1S(=O)(=O)O. The molecule has 0 unspecified atom stereocenters. The summed E-state index contributed by atoms with van der Waals surface area (Å²) in [6, 6.07) is 4.20. The smallest absolute Gasteiger partial charge is 0.294 e. The molecule has 8 heteroatoms. The van der Waals surface area contributed by atoms with E-state index in [9.17, 15) is 18.4 Å². The van der Waals surface area contributed by atoms with Gasteiger partial charge in [0.05, 0.1) is 4.90 Å². The lowest BCUT2D eigenvalue weighted by molar-refractivity contribution is -0.292. The van der Waals surface area contributed by atoms with Crippen LogP contribution in [0.2, 0.25) is 0 Å². The molecule has 1 aliphatic heterocycles. The first kappa shape index (κ1) is 19.8. The largest absolute Gasteiger partial charge is 0.326 e. The molecule has 2 rings (SSSR count). The molecule has 1 amide bonds. The van der Waals surface area contributed by atoms with Crippen molar-refractivity contribution in [3.63, 3.8) is 0 Å². The minimum absolute atomic E-state index is 0.188. The molecular formula is C17H25N2O5S. The second-order valence-electron chi connectivity index (χ2n) is 7.97. The molecule has 0 bridgehead atoms. The number of hydrogen-bond donors (Lipinski definition) is 2. The Morgan fingerprint density at radius 3 is 2.16 bits per heavy atom. The number of piperidine rings is 1. The van der Waals surface area contributed by atoms with Crippen LogP contribution in [0.1, 0.15) is 46.1 Å². The van der Waals surface area contributed by atoms with Gasteiger partial charge in [0.25, 0.3) is 10.1 Å². The first-order chi connectivity index (χ1) is 11.2. The minimum Gasteiger partial charge on any atom is -0.326 e. The molecule has 1 fully saturated rings.